The minimum atomic E-state index is 0.248. The molecule has 1 atom stereocenters. The molecule has 0 radical (unpaired) electrons. The monoisotopic (exact) mass is 300 g/mol. The van der Waals surface area contributed by atoms with Crippen molar-refractivity contribution in [2.75, 3.05) is 0 Å². The predicted molar refractivity (Wildman–Crippen MR) is 84.4 cm³/mol. The second-order valence-corrected chi connectivity index (χ2v) is 5.64. The second kappa shape index (κ2) is 5.84. The summed E-state index contributed by atoms with van der Waals surface area (Å²) < 4.78 is 1.82. The van der Waals surface area contributed by atoms with Crippen LogP contribution < -0.4 is 5.32 Å². The zero-order valence-corrected chi connectivity index (χ0v) is 12.8. The van der Waals surface area contributed by atoms with Gasteiger partial charge in [-0.25, -0.2) is 9.50 Å². The van der Waals surface area contributed by atoms with E-state index in [0.717, 1.165) is 28.5 Å². The average molecular weight is 301 g/mol. The van der Waals surface area contributed by atoms with Gasteiger partial charge in [0.15, 0.2) is 5.65 Å². The number of halogens is 1. The normalized spacial score (nSPS) is 12.7. The summed E-state index contributed by atoms with van der Waals surface area (Å²) in [7, 11) is 0. The van der Waals surface area contributed by atoms with Crippen LogP contribution in [-0.4, -0.2) is 14.6 Å². The molecular formula is C16H17ClN4. The molecule has 3 aromatic rings. The van der Waals surface area contributed by atoms with Crippen molar-refractivity contribution in [1.82, 2.24) is 19.9 Å². The van der Waals surface area contributed by atoms with E-state index < -0.39 is 0 Å². The molecule has 0 aliphatic heterocycles. The standard InChI is InChI=1S/C16H17ClN4/c1-11-7-16-19-9-13(10-21(16)20-11)8-18-12(2)14-3-5-15(17)6-4-14/h3-7,9-10,12,18H,8H2,1-2H3/t12-/m1/s1. The van der Waals surface area contributed by atoms with Gasteiger partial charge in [0.2, 0.25) is 0 Å². The first-order valence-corrected chi connectivity index (χ1v) is 7.29. The van der Waals surface area contributed by atoms with Crippen molar-refractivity contribution in [3.05, 3.63) is 64.6 Å². The lowest BCUT2D eigenvalue weighted by molar-refractivity contribution is 0.572. The average Bonchev–Trinajstić information content (AvgIpc) is 2.84. The van der Waals surface area contributed by atoms with Crippen LogP contribution in [0.15, 0.2) is 42.7 Å². The van der Waals surface area contributed by atoms with E-state index in [-0.39, 0.29) is 6.04 Å². The van der Waals surface area contributed by atoms with Crippen molar-refractivity contribution in [2.24, 2.45) is 0 Å². The molecule has 2 aromatic heterocycles. The zero-order valence-electron chi connectivity index (χ0n) is 12.0. The molecule has 0 bridgehead atoms. The summed E-state index contributed by atoms with van der Waals surface area (Å²) in [6.45, 7) is 4.84. The molecule has 3 rings (SSSR count). The Balaban J connectivity index is 1.69. The van der Waals surface area contributed by atoms with Crippen molar-refractivity contribution >= 4 is 17.2 Å². The Hall–Kier alpha value is -1.91. The van der Waals surface area contributed by atoms with E-state index in [9.17, 15) is 0 Å². The fourth-order valence-corrected chi connectivity index (χ4v) is 2.39. The lowest BCUT2D eigenvalue weighted by Crippen LogP contribution is -2.18. The topological polar surface area (TPSA) is 42.2 Å². The Morgan fingerprint density at radius 1 is 1.29 bits per heavy atom. The van der Waals surface area contributed by atoms with Gasteiger partial charge in [-0.1, -0.05) is 23.7 Å². The van der Waals surface area contributed by atoms with Crippen molar-refractivity contribution in [3.63, 3.8) is 0 Å². The van der Waals surface area contributed by atoms with Crippen LogP contribution in [0.1, 0.15) is 29.8 Å². The quantitative estimate of drug-likeness (QED) is 0.801. The van der Waals surface area contributed by atoms with E-state index in [2.05, 4.69) is 22.3 Å². The molecule has 5 heteroatoms. The van der Waals surface area contributed by atoms with Crippen LogP contribution >= 0.6 is 11.6 Å². The van der Waals surface area contributed by atoms with E-state index in [0.29, 0.717) is 0 Å². The zero-order chi connectivity index (χ0) is 14.8. The number of aryl methyl sites for hydroxylation is 1. The first kappa shape index (κ1) is 14.0. The number of aromatic nitrogens is 3. The van der Waals surface area contributed by atoms with E-state index in [4.69, 9.17) is 11.6 Å². The van der Waals surface area contributed by atoms with E-state index in [1.165, 1.54) is 5.56 Å². The van der Waals surface area contributed by atoms with Crippen LogP contribution in [0.3, 0.4) is 0 Å². The first-order valence-electron chi connectivity index (χ1n) is 6.91. The molecule has 0 spiro atoms. The molecule has 4 nitrogen and oxygen atoms in total. The van der Waals surface area contributed by atoms with E-state index >= 15 is 0 Å². The molecule has 108 valence electrons. The smallest absolute Gasteiger partial charge is 0.155 e. The number of hydrogen-bond acceptors (Lipinski definition) is 3. The van der Waals surface area contributed by atoms with Gasteiger partial charge in [-0.3, -0.25) is 0 Å². The maximum Gasteiger partial charge on any atom is 0.155 e. The summed E-state index contributed by atoms with van der Waals surface area (Å²) in [5.41, 5.74) is 4.17. The molecule has 0 amide bonds. The largest absolute Gasteiger partial charge is 0.306 e. The minimum Gasteiger partial charge on any atom is -0.306 e. The van der Waals surface area contributed by atoms with Crippen LogP contribution in [0.2, 0.25) is 5.02 Å². The third kappa shape index (κ3) is 3.23. The molecule has 0 fully saturated rings. The van der Waals surface area contributed by atoms with Crippen LogP contribution in [-0.2, 0) is 6.54 Å². The van der Waals surface area contributed by atoms with Crippen molar-refractivity contribution in [1.29, 1.82) is 0 Å². The van der Waals surface area contributed by atoms with Gasteiger partial charge < -0.3 is 5.32 Å². The van der Waals surface area contributed by atoms with E-state index in [1.807, 2.05) is 54.2 Å². The van der Waals surface area contributed by atoms with Crippen LogP contribution in [0, 0.1) is 6.92 Å². The lowest BCUT2D eigenvalue weighted by atomic mass is 10.1. The Morgan fingerprint density at radius 2 is 2.05 bits per heavy atom. The highest BCUT2D eigenvalue weighted by molar-refractivity contribution is 6.30. The van der Waals surface area contributed by atoms with Gasteiger partial charge in [0, 0.05) is 41.6 Å². The molecule has 0 aliphatic rings. The van der Waals surface area contributed by atoms with Crippen molar-refractivity contribution < 1.29 is 0 Å². The molecule has 1 aromatic carbocycles. The maximum absolute atomic E-state index is 5.91. The number of nitrogens with one attached hydrogen (secondary N) is 1. The fourth-order valence-electron chi connectivity index (χ4n) is 2.27. The highest BCUT2D eigenvalue weighted by atomic mass is 35.5. The summed E-state index contributed by atoms with van der Waals surface area (Å²) in [6.07, 6.45) is 3.90. The summed E-state index contributed by atoms with van der Waals surface area (Å²) in [5.74, 6) is 0. The van der Waals surface area contributed by atoms with Gasteiger partial charge in [-0.2, -0.15) is 5.10 Å². The molecule has 1 N–H and O–H groups in total. The summed E-state index contributed by atoms with van der Waals surface area (Å²) in [5, 5.41) is 8.62. The van der Waals surface area contributed by atoms with Gasteiger partial charge in [-0.15, -0.1) is 0 Å². The van der Waals surface area contributed by atoms with Gasteiger partial charge in [0.05, 0.1) is 5.69 Å². The van der Waals surface area contributed by atoms with Crippen LogP contribution in [0.25, 0.3) is 5.65 Å². The highest BCUT2D eigenvalue weighted by Crippen LogP contribution is 2.16. The predicted octanol–water partition coefficient (Wildman–Crippen LogP) is 3.54. The van der Waals surface area contributed by atoms with Gasteiger partial charge >= 0.3 is 0 Å². The SMILES string of the molecule is Cc1cc2ncc(CN[C@H](C)c3ccc(Cl)cc3)cn2n1. The summed E-state index contributed by atoms with van der Waals surface area (Å²) in [6, 6.07) is 10.1. The van der Waals surface area contributed by atoms with Crippen molar-refractivity contribution in [3.8, 4) is 0 Å². The number of hydrogen-bond donors (Lipinski definition) is 1. The van der Waals surface area contributed by atoms with Crippen LogP contribution in [0.4, 0.5) is 0 Å². The lowest BCUT2D eigenvalue weighted by Gasteiger charge is -2.14. The molecule has 0 unspecified atom stereocenters. The maximum atomic E-state index is 5.91. The van der Waals surface area contributed by atoms with Gasteiger partial charge in [-0.05, 0) is 31.5 Å². The Kier molecular flexibility index (Phi) is 3.90. The number of rotatable bonds is 4. The fraction of sp³-hybridized carbons (Fsp3) is 0.250. The molecule has 21 heavy (non-hydrogen) atoms. The molecule has 2 heterocycles. The molecular weight excluding hydrogens is 284 g/mol. The third-order valence-corrected chi connectivity index (χ3v) is 3.72. The van der Waals surface area contributed by atoms with Crippen LogP contribution in [0.5, 0.6) is 0 Å². The highest BCUT2D eigenvalue weighted by Gasteiger charge is 2.06. The minimum absolute atomic E-state index is 0.248. The summed E-state index contributed by atoms with van der Waals surface area (Å²) in [4.78, 5) is 4.41. The van der Waals surface area contributed by atoms with Gasteiger partial charge in [0.1, 0.15) is 0 Å². The second-order valence-electron chi connectivity index (χ2n) is 5.20. The Bertz CT molecular complexity index is 749. The molecule has 0 aliphatic carbocycles. The first-order chi connectivity index (χ1) is 10.1. The van der Waals surface area contributed by atoms with Crippen molar-refractivity contribution in [2.45, 2.75) is 26.4 Å². The Labute approximate surface area is 128 Å². The van der Waals surface area contributed by atoms with Gasteiger partial charge in [0.25, 0.3) is 0 Å². The number of nitrogens with zero attached hydrogens (tertiary/aromatic N) is 3. The molecule has 0 saturated carbocycles. The Morgan fingerprint density at radius 3 is 2.81 bits per heavy atom. The number of benzene rings is 1. The summed E-state index contributed by atoms with van der Waals surface area (Å²) >= 11 is 5.91. The van der Waals surface area contributed by atoms with E-state index in [1.54, 1.807) is 0 Å². The number of fused-ring (bicyclic) bond motifs is 1. The molecule has 0 saturated heterocycles. The third-order valence-electron chi connectivity index (χ3n) is 3.47.